The van der Waals surface area contributed by atoms with Gasteiger partial charge < -0.3 is 11.1 Å². The molecular formula is C17H13BrClN3OS. The Hall–Kier alpha value is -1.89. The summed E-state index contributed by atoms with van der Waals surface area (Å²) in [6.07, 6.45) is 0. The number of aromatic nitrogens is 1. The summed E-state index contributed by atoms with van der Waals surface area (Å²) < 4.78 is 0.839. The van der Waals surface area contributed by atoms with Gasteiger partial charge in [-0.25, -0.2) is 4.98 Å². The predicted molar refractivity (Wildman–Crippen MR) is 104 cm³/mol. The number of rotatable bonds is 4. The molecule has 0 amide bonds. The highest BCUT2D eigenvalue weighted by Crippen LogP contribution is 2.31. The molecule has 4 nitrogen and oxygen atoms in total. The number of thiazole rings is 1. The lowest BCUT2D eigenvalue weighted by atomic mass is 10.1. The monoisotopic (exact) mass is 421 g/mol. The molecule has 1 aromatic heterocycles. The van der Waals surface area contributed by atoms with E-state index in [1.807, 2.05) is 31.2 Å². The largest absolute Gasteiger partial charge is 0.382 e. The van der Waals surface area contributed by atoms with E-state index in [2.05, 4.69) is 26.2 Å². The third-order valence-corrected chi connectivity index (χ3v) is 5.09. The average Bonchev–Trinajstić information content (AvgIpc) is 2.90. The van der Waals surface area contributed by atoms with Gasteiger partial charge in [-0.15, -0.1) is 0 Å². The third-order valence-electron chi connectivity index (χ3n) is 3.38. The Kier molecular flexibility index (Phi) is 4.89. The van der Waals surface area contributed by atoms with Gasteiger partial charge in [0.1, 0.15) is 10.7 Å². The summed E-state index contributed by atoms with van der Waals surface area (Å²) in [7, 11) is 0. The molecule has 1 heterocycles. The van der Waals surface area contributed by atoms with E-state index in [4.69, 9.17) is 17.3 Å². The first-order valence-corrected chi connectivity index (χ1v) is 9.02. The number of nitrogens with zero attached hydrogens (tertiary/aromatic N) is 1. The van der Waals surface area contributed by atoms with Crippen LogP contribution in [0, 0.1) is 6.92 Å². The lowest BCUT2D eigenvalue weighted by molar-refractivity contribution is 0.104. The van der Waals surface area contributed by atoms with Gasteiger partial charge in [-0.3, -0.25) is 4.79 Å². The first kappa shape index (κ1) is 17.0. The van der Waals surface area contributed by atoms with Gasteiger partial charge in [0.2, 0.25) is 5.78 Å². The number of carbonyl (C=O) groups is 1. The van der Waals surface area contributed by atoms with Crippen LogP contribution in [0.1, 0.15) is 20.8 Å². The van der Waals surface area contributed by atoms with Crippen LogP contribution in [0.4, 0.5) is 16.6 Å². The molecule has 3 rings (SSSR count). The summed E-state index contributed by atoms with van der Waals surface area (Å²) in [5, 5.41) is 4.42. The van der Waals surface area contributed by atoms with Crippen molar-refractivity contribution in [1.82, 2.24) is 4.98 Å². The number of halogens is 2. The summed E-state index contributed by atoms with van der Waals surface area (Å²) in [4.78, 5) is 17.3. The zero-order valence-corrected chi connectivity index (χ0v) is 15.8. The summed E-state index contributed by atoms with van der Waals surface area (Å²) in [5.74, 6) is 0.0753. The Morgan fingerprint density at radius 2 is 2.08 bits per heavy atom. The smallest absolute Gasteiger partial charge is 0.206 e. The van der Waals surface area contributed by atoms with Gasteiger partial charge in [0.05, 0.1) is 0 Å². The molecule has 0 bridgehead atoms. The van der Waals surface area contributed by atoms with Gasteiger partial charge in [-0.1, -0.05) is 51.0 Å². The SMILES string of the molecule is Cc1cc(Cl)ccc1Nc1nc(N)c(C(=O)c2cccc(Br)c2)s1. The topological polar surface area (TPSA) is 68.0 Å². The van der Waals surface area contributed by atoms with E-state index in [1.54, 1.807) is 18.2 Å². The number of carbonyl (C=O) groups excluding carboxylic acids is 1. The quantitative estimate of drug-likeness (QED) is 0.551. The van der Waals surface area contributed by atoms with Gasteiger partial charge >= 0.3 is 0 Å². The van der Waals surface area contributed by atoms with E-state index in [9.17, 15) is 4.79 Å². The zero-order chi connectivity index (χ0) is 17.3. The second-order valence-electron chi connectivity index (χ2n) is 5.16. The van der Waals surface area contributed by atoms with Gasteiger partial charge in [0.25, 0.3) is 0 Å². The minimum atomic E-state index is -0.146. The number of benzene rings is 2. The van der Waals surface area contributed by atoms with Crippen molar-refractivity contribution in [2.45, 2.75) is 6.92 Å². The lowest BCUT2D eigenvalue weighted by Crippen LogP contribution is -2.02. The molecule has 0 aliphatic rings. The van der Waals surface area contributed by atoms with E-state index < -0.39 is 0 Å². The Morgan fingerprint density at radius 3 is 2.79 bits per heavy atom. The Morgan fingerprint density at radius 1 is 1.29 bits per heavy atom. The normalized spacial score (nSPS) is 10.6. The molecule has 0 saturated carbocycles. The predicted octanol–water partition coefficient (Wildman–Crippen LogP) is 5.42. The van der Waals surface area contributed by atoms with Gasteiger partial charge in [0.15, 0.2) is 5.13 Å². The maximum Gasteiger partial charge on any atom is 0.206 e. The molecule has 0 spiro atoms. The Labute approximate surface area is 156 Å². The number of aryl methyl sites for hydroxylation is 1. The van der Waals surface area contributed by atoms with Crippen LogP contribution in [0.15, 0.2) is 46.9 Å². The summed E-state index contributed by atoms with van der Waals surface area (Å²) in [6.45, 7) is 1.94. The van der Waals surface area contributed by atoms with E-state index in [0.29, 0.717) is 20.6 Å². The van der Waals surface area contributed by atoms with E-state index in [1.165, 1.54) is 11.3 Å². The first-order chi connectivity index (χ1) is 11.4. The fourth-order valence-corrected chi connectivity index (χ4v) is 3.68. The van der Waals surface area contributed by atoms with Crippen LogP contribution in [0.3, 0.4) is 0 Å². The number of nitrogen functional groups attached to an aromatic ring is 1. The Balaban J connectivity index is 1.89. The maximum absolute atomic E-state index is 12.6. The fourth-order valence-electron chi connectivity index (χ4n) is 2.19. The van der Waals surface area contributed by atoms with E-state index in [-0.39, 0.29) is 11.6 Å². The molecule has 0 saturated heterocycles. The standard InChI is InChI=1S/C17H13BrClN3OS/c1-9-7-12(19)5-6-13(9)21-17-22-16(20)15(24-17)14(23)10-3-2-4-11(18)8-10/h2-8H,20H2,1H3,(H,21,22). The van der Waals surface area contributed by atoms with Gasteiger partial charge in [-0.05, 0) is 42.8 Å². The molecule has 7 heteroatoms. The molecule has 0 aliphatic heterocycles. The molecule has 2 aromatic carbocycles. The summed E-state index contributed by atoms with van der Waals surface area (Å²) in [5.41, 5.74) is 8.36. The van der Waals surface area contributed by atoms with Crippen molar-refractivity contribution in [3.63, 3.8) is 0 Å². The first-order valence-electron chi connectivity index (χ1n) is 7.04. The highest BCUT2D eigenvalue weighted by Gasteiger charge is 2.18. The molecule has 3 aromatic rings. The minimum Gasteiger partial charge on any atom is -0.382 e. The van der Waals surface area contributed by atoms with Crippen LogP contribution in [-0.4, -0.2) is 10.8 Å². The molecule has 0 unspecified atom stereocenters. The van der Waals surface area contributed by atoms with Crippen molar-refractivity contribution < 1.29 is 4.79 Å². The Bertz CT molecular complexity index is 926. The van der Waals surface area contributed by atoms with Crippen molar-refractivity contribution >= 4 is 61.3 Å². The third kappa shape index (κ3) is 3.61. The molecule has 122 valence electrons. The van der Waals surface area contributed by atoms with Crippen molar-refractivity contribution in [3.05, 3.63) is 68.0 Å². The van der Waals surface area contributed by atoms with Crippen molar-refractivity contribution in [1.29, 1.82) is 0 Å². The number of ketones is 1. The van der Waals surface area contributed by atoms with Crippen LogP contribution in [0.2, 0.25) is 5.02 Å². The second-order valence-corrected chi connectivity index (χ2v) is 7.51. The highest BCUT2D eigenvalue weighted by molar-refractivity contribution is 9.10. The maximum atomic E-state index is 12.6. The van der Waals surface area contributed by atoms with Crippen molar-refractivity contribution in [2.75, 3.05) is 11.1 Å². The average molecular weight is 423 g/mol. The van der Waals surface area contributed by atoms with Crippen LogP contribution in [0.25, 0.3) is 0 Å². The van der Waals surface area contributed by atoms with Crippen LogP contribution in [-0.2, 0) is 0 Å². The number of anilines is 3. The van der Waals surface area contributed by atoms with Crippen LogP contribution >= 0.6 is 38.9 Å². The molecule has 0 fully saturated rings. The van der Waals surface area contributed by atoms with Crippen LogP contribution < -0.4 is 11.1 Å². The van der Waals surface area contributed by atoms with Gasteiger partial charge in [0, 0.05) is 20.7 Å². The summed E-state index contributed by atoms with van der Waals surface area (Å²) >= 11 is 10.6. The molecule has 0 aliphatic carbocycles. The van der Waals surface area contributed by atoms with E-state index in [0.717, 1.165) is 15.7 Å². The molecule has 0 atom stereocenters. The molecule has 24 heavy (non-hydrogen) atoms. The number of hydrogen-bond donors (Lipinski definition) is 2. The molecule has 0 radical (unpaired) electrons. The lowest BCUT2D eigenvalue weighted by Gasteiger charge is -2.06. The summed E-state index contributed by atoms with van der Waals surface area (Å²) in [6, 6.07) is 12.7. The number of nitrogens with two attached hydrogens (primary N) is 1. The highest BCUT2D eigenvalue weighted by atomic mass is 79.9. The fraction of sp³-hybridized carbons (Fsp3) is 0.0588. The van der Waals surface area contributed by atoms with Gasteiger partial charge in [-0.2, -0.15) is 0 Å². The number of nitrogens with one attached hydrogen (secondary N) is 1. The minimum absolute atomic E-state index is 0.146. The second kappa shape index (κ2) is 6.93. The zero-order valence-electron chi connectivity index (χ0n) is 12.6. The van der Waals surface area contributed by atoms with Crippen molar-refractivity contribution in [2.24, 2.45) is 0 Å². The van der Waals surface area contributed by atoms with E-state index >= 15 is 0 Å². The molecular weight excluding hydrogens is 410 g/mol. The van der Waals surface area contributed by atoms with Crippen LogP contribution in [0.5, 0.6) is 0 Å². The van der Waals surface area contributed by atoms with Crippen molar-refractivity contribution in [3.8, 4) is 0 Å². The number of hydrogen-bond acceptors (Lipinski definition) is 5. The molecule has 3 N–H and O–H groups in total.